The van der Waals surface area contributed by atoms with Gasteiger partial charge in [0.25, 0.3) is 0 Å². The Bertz CT molecular complexity index is 1240. The molecule has 148 valence electrons. The van der Waals surface area contributed by atoms with E-state index in [9.17, 15) is 13.2 Å². The van der Waals surface area contributed by atoms with Crippen molar-refractivity contribution in [2.75, 3.05) is 11.1 Å². The van der Waals surface area contributed by atoms with Crippen LogP contribution in [0.15, 0.2) is 69.3 Å². The summed E-state index contributed by atoms with van der Waals surface area (Å²) in [5, 5.41) is 6.09. The van der Waals surface area contributed by atoms with Crippen LogP contribution in [-0.2, 0) is 21.1 Å². The fourth-order valence-electron chi connectivity index (χ4n) is 2.88. The molecule has 0 fully saturated rings. The van der Waals surface area contributed by atoms with Gasteiger partial charge in [0.1, 0.15) is 11.3 Å². The summed E-state index contributed by atoms with van der Waals surface area (Å²) in [6, 6.07) is 16.0. The van der Waals surface area contributed by atoms with Crippen molar-refractivity contribution in [2.24, 2.45) is 0 Å². The highest BCUT2D eigenvalue weighted by Gasteiger charge is 2.14. The zero-order chi connectivity index (χ0) is 20.4. The average molecular weight is 427 g/mol. The van der Waals surface area contributed by atoms with Crippen molar-refractivity contribution < 1.29 is 17.6 Å². The van der Waals surface area contributed by atoms with Gasteiger partial charge in [-0.05, 0) is 29.8 Å². The predicted octanol–water partition coefficient (Wildman–Crippen LogP) is 4.53. The molecule has 4 aromatic rings. The molecule has 0 bridgehead atoms. The van der Waals surface area contributed by atoms with Crippen molar-refractivity contribution in [1.82, 2.24) is 4.98 Å². The van der Waals surface area contributed by atoms with Crippen LogP contribution >= 0.6 is 11.3 Å². The fourth-order valence-corrected chi connectivity index (χ4v) is 4.48. The lowest BCUT2D eigenvalue weighted by atomic mass is 10.1. The van der Waals surface area contributed by atoms with Gasteiger partial charge in [-0.25, -0.2) is 13.4 Å². The van der Waals surface area contributed by atoms with E-state index in [0.29, 0.717) is 16.6 Å². The second-order valence-corrected chi connectivity index (χ2v) is 9.60. The van der Waals surface area contributed by atoms with E-state index in [4.69, 9.17) is 4.42 Å². The van der Waals surface area contributed by atoms with E-state index in [-0.39, 0.29) is 23.0 Å². The third-order valence-electron chi connectivity index (χ3n) is 4.46. The monoisotopic (exact) mass is 426 g/mol. The van der Waals surface area contributed by atoms with E-state index in [2.05, 4.69) is 10.3 Å². The maximum atomic E-state index is 12.3. The number of furan rings is 1. The summed E-state index contributed by atoms with van der Waals surface area (Å²) in [6.45, 7) is 1.60. The van der Waals surface area contributed by atoms with Crippen LogP contribution in [0.4, 0.5) is 5.13 Å². The molecule has 0 atom stereocenters. The van der Waals surface area contributed by atoms with Crippen molar-refractivity contribution >= 4 is 43.2 Å². The van der Waals surface area contributed by atoms with Gasteiger partial charge in [-0.15, -0.1) is 11.3 Å². The van der Waals surface area contributed by atoms with E-state index in [1.54, 1.807) is 19.1 Å². The molecule has 0 aliphatic rings. The quantitative estimate of drug-likeness (QED) is 0.489. The number of sulfone groups is 1. The molecule has 2 aromatic heterocycles. The van der Waals surface area contributed by atoms with Gasteiger partial charge in [0.15, 0.2) is 20.7 Å². The number of thiazole rings is 1. The molecule has 1 N–H and O–H groups in total. The lowest BCUT2D eigenvalue weighted by Gasteiger charge is -2.04. The zero-order valence-electron chi connectivity index (χ0n) is 15.6. The minimum absolute atomic E-state index is 0.0461. The van der Waals surface area contributed by atoms with Crippen molar-refractivity contribution in [3.63, 3.8) is 0 Å². The second kappa shape index (κ2) is 7.81. The Hall–Kier alpha value is -2.97. The van der Waals surface area contributed by atoms with Crippen molar-refractivity contribution in [3.05, 3.63) is 65.5 Å². The zero-order valence-corrected chi connectivity index (χ0v) is 17.2. The van der Waals surface area contributed by atoms with Gasteiger partial charge in [-0.1, -0.05) is 37.3 Å². The summed E-state index contributed by atoms with van der Waals surface area (Å²) in [6.07, 6.45) is 0.131. The number of hydrogen-bond acceptors (Lipinski definition) is 6. The van der Waals surface area contributed by atoms with E-state index in [1.807, 2.05) is 35.7 Å². The number of amides is 1. The van der Waals surface area contributed by atoms with Crippen LogP contribution in [-0.4, -0.2) is 25.1 Å². The van der Waals surface area contributed by atoms with Gasteiger partial charge in [-0.3, -0.25) is 4.79 Å². The highest BCUT2D eigenvalue weighted by molar-refractivity contribution is 7.91. The van der Waals surface area contributed by atoms with E-state index in [0.717, 1.165) is 16.5 Å². The third kappa shape index (κ3) is 4.23. The summed E-state index contributed by atoms with van der Waals surface area (Å²) >= 11 is 1.32. The number of aromatic nitrogens is 1. The van der Waals surface area contributed by atoms with Crippen LogP contribution in [0.5, 0.6) is 0 Å². The molecule has 0 aliphatic carbocycles. The summed E-state index contributed by atoms with van der Waals surface area (Å²) in [7, 11) is -3.24. The Labute approximate surface area is 172 Å². The molecule has 0 saturated carbocycles. The number of anilines is 1. The molecule has 29 heavy (non-hydrogen) atoms. The van der Waals surface area contributed by atoms with Gasteiger partial charge in [0, 0.05) is 10.8 Å². The van der Waals surface area contributed by atoms with Crippen LogP contribution in [0.25, 0.3) is 22.4 Å². The fraction of sp³-hybridized carbons (Fsp3) is 0.143. The first kappa shape index (κ1) is 19.4. The molecular weight excluding hydrogens is 408 g/mol. The van der Waals surface area contributed by atoms with Crippen LogP contribution < -0.4 is 5.32 Å². The maximum absolute atomic E-state index is 12.3. The molecule has 4 rings (SSSR count). The van der Waals surface area contributed by atoms with Gasteiger partial charge < -0.3 is 9.73 Å². The third-order valence-corrected chi connectivity index (χ3v) is 6.96. The summed E-state index contributed by atoms with van der Waals surface area (Å²) in [4.78, 5) is 17.0. The molecule has 2 aromatic carbocycles. The highest BCUT2D eigenvalue weighted by Crippen LogP contribution is 2.30. The minimum atomic E-state index is -3.24. The lowest BCUT2D eigenvalue weighted by Crippen LogP contribution is -2.14. The van der Waals surface area contributed by atoms with Crippen LogP contribution in [0.3, 0.4) is 0 Å². The van der Waals surface area contributed by atoms with E-state index < -0.39 is 9.84 Å². The Morgan fingerprint density at radius 1 is 1.14 bits per heavy atom. The Morgan fingerprint density at radius 2 is 1.90 bits per heavy atom. The second-order valence-electron chi connectivity index (χ2n) is 6.46. The van der Waals surface area contributed by atoms with Crippen LogP contribution in [0.2, 0.25) is 0 Å². The molecule has 0 spiro atoms. The molecule has 1 amide bonds. The molecule has 6 nitrogen and oxygen atoms in total. The first-order chi connectivity index (χ1) is 13.9. The number of nitrogens with one attached hydrogen (secondary N) is 1. The first-order valence-corrected chi connectivity index (χ1v) is 11.5. The number of nitrogens with zero attached hydrogens (tertiary/aromatic N) is 1. The number of carbonyl (C=O) groups excluding carboxylic acids is 1. The SMILES string of the molecule is CCS(=O)(=O)c1ccc(CC(=O)Nc2nc(-c3cc4ccccc4o3)cs2)cc1. The van der Waals surface area contributed by atoms with Crippen molar-refractivity contribution in [1.29, 1.82) is 0 Å². The van der Waals surface area contributed by atoms with Gasteiger partial charge >= 0.3 is 0 Å². The highest BCUT2D eigenvalue weighted by atomic mass is 32.2. The molecular formula is C21H18N2O4S2. The summed E-state index contributed by atoms with van der Waals surface area (Å²) < 4.78 is 29.5. The van der Waals surface area contributed by atoms with Gasteiger partial charge in [0.2, 0.25) is 5.91 Å². The summed E-state index contributed by atoms with van der Waals surface area (Å²) in [5.41, 5.74) is 2.18. The van der Waals surface area contributed by atoms with Gasteiger partial charge in [0.05, 0.1) is 17.1 Å². The molecule has 8 heteroatoms. The molecule has 0 radical (unpaired) electrons. The lowest BCUT2D eigenvalue weighted by molar-refractivity contribution is -0.115. The van der Waals surface area contributed by atoms with Crippen molar-refractivity contribution in [2.45, 2.75) is 18.2 Å². The Kier molecular flexibility index (Phi) is 5.21. The number of benzene rings is 2. The number of hydrogen-bond donors (Lipinski definition) is 1. The van der Waals surface area contributed by atoms with Crippen LogP contribution in [0, 0.1) is 0 Å². The van der Waals surface area contributed by atoms with Crippen LogP contribution in [0.1, 0.15) is 12.5 Å². The Balaban J connectivity index is 1.43. The normalized spacial score (nSPS) is 11.6. The maximum Gasteiger partial charge on any atom is 0.230 e. The topological polar surface area (TPSA) is 89.3 Å². The Morgan fingerprint density at radius 3 is 2.62 bits per heavy atom. The standard InChI is InChI=1S/C21H18N2O4S2/c1-2-29(25,26)16-9-7-14(8-10-16)11-20(24)23-21-22-17(13-28-21)19-12-15-5-3-4-6-18(15)27-19/h3-10,12-13H,2,11H2,1H3,(H,22,23,24). The smallest absolute Gasteiger partial charge is 0.230 e. The largest absolute Gasteiger partial charge is 0.454 e. The number of fused-ring (bicyclic) bond motifs is 1. The molecule has 0 unspecified atom stereocenters. The molecule has 0 aliphatic heterocycles. The number of rotatable bonds is 6. The van der Waals surface area contributed by atoms with Crippen molar-refractivity contribution in [3.8, 4) is 11.5 Å². The number of carbonyl (C=O) groups is 1. The first-order valence-electron chi connectivity index (χ1n) is 9.00. The summed E-state index contributed by atoms with van der Waals surface area (Å²) in [5.74, 6) is 0.474. The van der Waals surface area contributed by atoms with E-state index >= 15 is 0 Å². The molecule has 2 heterocycles. The predicted molar refractivity (Wildman–Crippen MR) is 114 cm³/mol. The molecule has 0 saturated heterocycles. The number of para-hydroxylation sites is 1. The average Bonchev–Trinajstić information content (AvgIpc) is 3.35. The minimum Gasteiger partial charge on any atom is -0.454 e. The van der Waals surface area contributed by atoms with Gasteiger partial charge in [-0.2, -0.15) is 0 Å². The van der Waals surface area contributed by atoms with E-state index in [1.165, 1.54) is 23.5 Å².